The van der Waals surface area contributed by atoms with Crippen LogP contribution < -0.4 is 5.73 Å². The Kier molecular flexibility index (Phi) is 6.44. The van der Waals surface area contributed by atoms with E-state index in [4.69, 9.17) is 10.5 Å². The highest BCUT2D eigenvalue weighted by Gasteiger charge is 2.23. The predicted molar refractivity (Wildman–Crippen MR) is 75.5 cm³/mol. The first-order chi connectivity index (χ1) is 9.02. The molecule has 108 valence electrons. The Hall–Kier alpha value is -0.950. The normalized spacial score (nSPS) is 12.0. The fourth-order valence-electron chi connectivity index (χ4n) is 1.67. The molecule has 0 aromatic heterocycles. The smallest absolute Gasteiger partial charge is 0.243 e. The number of sulfonamides is 1. The summed E-state index contributed by atoms with van der Waals surface area (Å²) < 4.78 is 31.4. The summed E-state index contributed by atoms with van der Waals surface area (Å²) in [7, 11) is -1.91. The zero-order valence-electron chi connectivity index (χ0n) is 11.5. The zero-order valence-corrected chi connectivity index (χ0v) is 12.3. The molecule has 0 spiro atoms. The molecule has 1 rings (SSSR count). The van der Waals surface area contributed by atoms with Crippen LogP contribution in [0.4, 0.5) is 0 Å². The number of ether oxygens (including phenoxy) is 1. The van der Waals surface area contributed by atoms with E-state index >= 15 is 0 Å². The molecule has 0 fully saturated rings. The van der Waals surface area contributed by atoms with Crippen molar-refractivity contribution in [2.24, 2.45) is 5.73 Å². The predicted octanol–water partition coefficient (Wildman–Crippen LogP) is 0.981. The lowest BCUT2D eigenvalue weighted by molar-refractivity contribution is 0.178. The molecule has 1 aromatic carbocycles. The molecule has 0 saturated heterocycles. The number of rotatable bonds is 8. The number of nitrogens with two attached hydrogens (primary N) is 1. The van der Waals surface area contributed by atoms with Gasteiger partial charge in [-0.2, -0.15) is 4.31 Å². The largest absolute Gasteiger partial charge is 0.383 e. The minimum Gasteiger partial charge on any atom is -0.383 e. The van der Waals surface area contributed by atoms with Gasteiger partial charge in [-0.05, 0) is 32.0 Å². The molecule has 2 N–H and O–H groups in total. The summed E-state index contributed by atoms with van der Waals surface area (Å²) in [5, 5.41) is 0. The molecule has 0 unspecified atom stereocenters. The second-order valence-electron chi connectivity index (χ2n) is 4.35. The van der Waals surface area contributed by atoms with Crippen molar-refractivity contribution in [2.75, 3.05) is 33.4 Å². The Morgan fingerprint density at radius 1 is 1.21 bits per heavy atom. The molecule has 0 radical (unpaired) electrons. The number of hydrogen-bond acceptors (Lipinski definition) is 4. The number of methoxy groups -OCH3 is 1. The van der Waals surface area contributed by atoms with Gasteiger partial charge in [0.05, 0.1) is 11.5 Å². The standard InChI is InChI=1S/C13H22N2O3S/c1-12-4-6-13(7-5-12)19(16,17)15(9-3-8-14)10-11-18-2/h4-7H,3,8-11,14H2,1-2H3. The number of nitrogens with zero attached hydrogens (tertiary/aromatic N) is 1. The first kappa shape index (κ1) is 16.1. The van der Waals surface area contributed by atoms with E-state index in [1.807, 2.05) is 6.92 Å². The molecule has 0 heterocycles. The van der Waals surface area contributed by atoms with Gasteiger partial charge in [0.25, 0.3) is 0 Å². The van der Waals surface area contributed by atoms with Gasteiger partial charge in [-0.3, -0.25) is 0 Å². The lowest BCUT2D eigenvalue weighted by Crippen LogP contribution is -2.35. The van der Waals surface area contributed by atoms with Crippen LogP contribution in [-0.2, 0) is 14.8 Å². The van der Waals surface area contributed by atoms with Crippen LogP contribution in [0.25, 0.3) is 0 Å². The molecule has 0 aliphatic heterocycles. The third kappa shape index (κ3) is 4.58. The van der Waals surface area contributed by atoms with Gasteiger partial charge in [-0.1, -0.05) is 17.7 Å². The van der Waals surface area contributed by atoms with Crippen LogP contribution in [-0.4, -0.2) is 46.1 Å². The van der Waals surface area contributed by atoms with Gasteiger partial charge in [-0.15, -0.1) is 0 Å². The van der Waals surface area contributed by atoms with Crippen LogP contribution in [0, 0.1) is 6.92 Å². The molecule has 6 heteroatoms. The minimum absolute atomic E-state index is 0.311. The number of hydrogen-bond donors (Lipinski definition) is 1. The van der Waals surface area contributed by atoms with Gasteiger partial charge >= 0.3 is 0 Å². The maximum absolute atomic E-state index is 12.5. The highest BCUT2D eigenvalue weighted by Crippen LogP contribution is 2.16. The maximum Gasteiger partial charge on any atom is 0.243 e. The third-order valence-corrected chi connectivity index (χ3v) is 4.73. The molecule has 19 heavy (non-hydrogen) atoms. The number of benzene rings is 1. The van der Waals surface area contributed by atoms with E-state index in [1.165, 1.54) is 4.31 Å². The number of aryl methyl sites for hydroxylation is 1. The van der Waals surface area contributed by atoms with Crippen molar-refractivity contribution in [3.8, 4) is 0 Å². The average molecular weight is 286 g/mol. The summed E-state index contributed by atoms with van der Waals surface area (Å²) in [5.41, 5.74) is 6.49. The van der Waals surface area contributed by atoms with Gasteiger partial charge in [0.15, 0.2) is 0 Å². The third-order valence-electron chi connectivity index (χ3n) is 2.82. The zero-order chi connectivity index (χ0) is 14.3. The van der Waals surface area contributed by atoms with Crippen LogP contribution in [0.15, 0.2) is 29.2 Å². The van der Waals surface area contributed by atoms with Crippen LogP contribution in [0.5, 0.6) is 0 Å². The second kappa shape index (κ2) is 7.59. The molecule has 0 bridgehead atoms. The Morgan fingerprint density at radius 2 is 1.84 bits per heavy atom. The Balaban J connectivity index is 2.93. The molecule has 0 atom stereocenters. The molecule has 0 aliphatic rings. The van der Waals surface area contributed by atoms with Crippen LogP contribution >= 0.6 is 0 Å². The molecular formula is C13H22N2O3S. The molecular weight excluding hydrogens is 264 g/mol. The van der Waals surface area contributed by atoms with E-state index in [2.05, 4.69) is 0 Å². The van der Waals surface area contributed by atoms with Gasteiger partial charge in [0, 0.05) is 20.2 Å². The van der Waals surface area contributed by atoms with E-state index < -0.39 is 10.0 Å². The minimum atomic E-state index is -3.46. The van der Waals surface area contributed by atoms with E-state index in [-0.39, 0.29) is 0 Å². The molecule has 0 amide bonds. The quantitative estimate of drug-likeness (QED) is 0.773. The molecule has 5 nitrogen and oxygen atoms in total. The van der Waals surface area contributed by atoms with Crippen molar-refractivity contribution >= 4 is 10.0 Å². The fourth-order valence-corrected chi connectivity index (χ4v) is 3.13. The summed E-state index contributed by atoms with van der Waals surface area (Å²) in [6, 6.07) is 6.86. The Bertz CT molecular complexity index is 463. The molecule has 0 saturated carbocycles. The first-order valence-electron chi connectivity index (χ1n) is 6.28. The van der Waals surface area contributed by atoms with Crippen LogP contribution in [0.1, 0.15) is 12.0 Å². The van der Waals surface area contributed by atoms with Crippen molar-refractivity contribution in [3.05, 3.63) is 29.8 Å². The summed E-state index contributed by atoms with van der Waals surface area (Å²) in [6.07, 6.45) is 0.634. The van der Waals surface area contributed by atoms with Gasteiger partial charge in [0.1, 0.15) is 0 Å². The lowest BCUT2D eigenvalue weighted by Gasteiger charge is -2.21. The van der Waals surface area contributed by atoms with Gasteiger partial charge in [-0.25, -0.2) is 8.42 Å². The highest BCUT2D eigenvalue weighted by molar-refractivity contribution is 7.89. The van der Waals surface area contributed by atoms with E-state index in [1.54, 1.807) is 31.4 Å². The van der Waals surface area contributed by atoms with Gasteiger partial charge in [0.2, 0.25) is 10.0 Å². The summed E-state index contributed by atoms with van der Waals surface area (Å²) in [4.78, 5) is 0.311. The Morgan fingerprint density at radius 3 is 2.37 bits per heavy atom. The van der Waals surface area contributed by atoms with E-state index in [0.717, 1.165) is 5.56 Å². The molecule has 0 aliphatic carbocycles. The van der Waals surface area contributed by atoms with Crippen molar-refractivity contribution in [3.63, 3.8) is 0 Å². The summed E-state index contributed by atoms with van der Waals surface area (Å²) in [5.74, 6) is 0. The SMILES string of the molecule is COCCN(CCCN)S(=O)(=O)c1ccc(C)cc1. The lowest BCUT2D eigenvalue weighted by atomic mass is 10.2. The Labute approximate surface area is 115 Å². The molecule has 1 aromatic rings. The van der Waals surface area contributed by atoms with Crippen molar-refractivity contribution < 1.29 is 13.2 Å². The van der Waals surface area contributed by atoms with E-state index in [9.17, 15) is 8.42 Å². The van der Waals surface area contributed by atoms with Crippen LogP contribution in [0.2, 0.25) is 0 Å². The first-order valence-corrected chi connectivity index (χ1v) is 7.72. The maximum atomic E-state index is 12.5. The second-order valence-corrected chi connectivity index (χ2v) is 6.29. The summed E-state index contributed by atoms with van der Waals surface area (Å²) >= 11 is 0. The monoisotopic (exact) mass is 286 g/mol. The van der Waals surface area contributed by atoms with Crippen molar-refractivity contribution in [2.45, 2.75) is 18.2 Å². The topological polar surface area (TPSA) is 72.6 Å². The fraction of sp³-hybridized carbons (Fsp3) is 0.538. The van der Waals surface area contributed by atoms with Gasteiger partial charge < -0.3 is 10.5 Å². The van der Waals surface area contributed by atoms with E-state index in [0.29, 0.717) is 37.6 Å². The van der Waals surface area contributed by atoms with Crippen molar-refractivity contribution in [1.29, 1.82) is 0 Å². The van der Waals surface area contributed by atoms with Crippen molar-refractivity contribution in [1.82, 2.24) is 4.31 Å². The summed E-state index contributed by atoms with van der Waals surface area (Å²) in [6.45, 7) is 3.51. The highest BCUT2D eigenvalue weighted by atomic mass is 32.2. The average Bonchev–Trinajstić information content (AvgIpc) is 2.39. The van der Waals surface area contributed by atoms with Crippen LogP contribution in [0.3, 0.4) is 0 Å².